The predicted octanol–water partition coefficient (Wildman–Crippen LogP) is 1.55. The van der Waals surface area contributed by atoms with Gasteiger partial charge in [0.05, 0.1) is 6.07 Å². The summed E-state index contributed by atoms with van der Waals surface area (Å²) in [5.41, 5.74) is -1.03. The lowest BCUT2D eigenvalue weighted by atomic mass is 9.81. The molecule has 0 saturated heterocycles. The van der Waals surface area contributed by atoms with Gasteiger partial charge in [-0.1, -0.05) is 19.3 Å². The van der Waals surface area contributed by atoms with Gasteiger partial charge in [-0.05, 0) is 25.8 Å². The Balaban J connectivity index is 2.07. The highest BCUT2D eigenvalue weighted by Crippen LogP contribution is 2.32. The maximum absolute atomic E-state index is 12.6. The third-order valence-electron chi connectivity index (χ3n) is 4.53. The second-order valence-corrected chi connectivity index (χ2v) is 6.06. The number of rotatable bonds is 4. The summed E-state index contributed by atoms with van der Waals surface area (Å²) in [6, 6.07) is 6.62. The van der Waals surface area contributed by atoms with Gasteiger partial charge in [-0.25, -0.2) is 4.79 Å². The van der Waals surface area contributed by atoms with E-state index in [1.807, 2.05) is 0 Å². The van der Waals surface area contributed by atoms with Gasteiger partial charge in [0.15, 0.2) is 12.3 Å². The number of pyridine rings is 1. The monoisotopic (exact) mass is 331 g/mol. The van der Waals surface area contributed by atoms with Gasteiger partial charge in [-0.3, -0.25) is 4.79 Å². The Labute approximate surface area is 141 Å². The van der Waals surface area contributed by atoms with Crippen LogP contribution in [0, 0.1) is 16.5 Å². The Morgan fingerprint density at radius 3 is 2.62 bits per heavy atom. The van der Waals surface area contributed by atoms with Crippen molar-refractivity contribution in [2.24, 2.45) is 0 Å². The highest BCUT2D eigenvalue weighted by atomic mass is 16.6. The van der Waals surface area contributed by atoms with Crippen molar-refractivity contribution in [2.75, 3.05) is 7.05 Å². The molecule has 1 saturated carbocycles. The smallest absolute Gasteiger partial charge is 0.405 e. The fourth-order valence-electron chi connectivity index (χ4n) is 3.00. The van der Waals surface area contributed by atoms with E-state index in [-0.39, 0.29) is 5.69 Å². The molecule has 0 unspecified atom stereocenters. The number of hydrogen-bond acceptors (Lipinski definition) is 5. The van der Waals surface area contributed by atoms with Crippen LogP contribution in [0.25, 0.3) is 0 Å². The summed E-state index contributed by atoms with van der Waals surface area (Å²) >= 11 is 0. The van der Waals surface area contributed by atoms with Crippen LogP contribution in [0.4, 0.5) is 0 Å². The van der Waals surface area contributed by atoms with Crippen LogP contribution >= 0.6 is 0 Å². The molecule has 7 nitrogen and oxygen atoms in total. The number of ether oxygens (including phenoxy) is 1. The molecule has 0 aromatic carbocycles. The number of nitriles is 1. The van der Waals surface area contributed by atoms with E-state index in [0.29, 0.717) is 17.6 Å². The molecule has 1 aromatic heterocycles. The number of carbonyl (C=O) groups is 2. The maximum Gasteiger partial charge on any atom is 0.405 e. The zero-order valence-electron chi connectivity index (χ0n) is 13.9. The standard InChI is InChI=1S/C17H21N3O4/c1-13(24-16(22)14-8-4-7-11-20(14)23)15(21)19(2)17(12-18)9-5-3-6-10-17/h4,7-8,11,13H,3,5-6,9-10H2,1-2H3/t13-/m0/s1. The van der Waals surface area contributed by atoms with Crippen LogP contribution in [0.3, 0.4) is 0 Å². The molecule has 1 aliphatic carbocycles. The highest BCUT2D eigenvalue weighted by molar-refractivity contribution is 5.89. The van der Waals surface area contributed by atoms with Crippen LogP contribution in [0.2, 0.25) is 0 Å². The summed E-state index contributed by atoms with van der Waals surface area (Å²) in [7, 11) is 1.57. The molecular weight excluding hydrogens is 310 g/mol. The Bertz CT molecular complexity index is 662. The first-order valence-electron chi connectivity index (χ1n) is 7.99. The number of amides is 1. The number of nitrogens with zero attached hydrogens (tertiary/aromatic N) is 3. The molecule has 1 aliphatic rings. The molecule has 128 valence electrons. The Hall–Kier alpha value is -2.62. The van der Waals surface area contributed by atoms with E-state index in [0.717, 1.165) is 19.3 Å². The third-order valence-corrected chi connectivity index (χ3v) is 4.53. The van der Waals surface area contributed by atoms with Crippen molar-refractivity contribution in [1.82, 2.24) is 4.90 Å². The van der Waals surface area contributed by atoms with Gasteiger partial charge in [-0.15, -0.1) is 0 Å². The van der Waals surface area contributed by atoms with E-state index in [4.69, 9.17) is 4.74 Å². The van der Waals surface area contributed by atoms with E-state index < -0.39 is 23.5 Å². The first-order chi connectivity index (χ1) is 11.4. The van der Waals surface area contributed by atoms with Crippen molar-refractivity contribution in [3.8, 4) is 6.07 Å². The topological polar surface area (TPSA) is 97.3 Å². The van der Waals surface area contributed by atoms with Crippen molar-refractivity contribution in [3.05, 3.63) is 35.3 Å². The summed E-state index contributed by atoms with van der Waals surface area (Å²) in [6.07, 6.45) is 4.17. The Kier molecular flexibility index (Phi) is 5.39. The lowest BCUT2D eigenvalue weighted by Crippen LogP contribution is -2.53. The van der Waals surface area contributed by atoms with Gasteiger partial charge in [-0.2, -0.15) is 9.99 Å². The van der Waals surface area contributed by atoms with E-state index in [2.05, 4.69) is 6.07 Å². The van der Waals surface area contributed by atoms with Gasteiger partial charge in [0.25, 0.3) is 5.91 Å². The fraction of sp³-hybridized carbons (Fsp3) is 0.529. The quantitative estimate of drug-likeness (QED) is 0.474. The molecule has 0 aliphatic heterocycles. The molecule has 1 atom stereocenters. The molecule has 7 heteroatoms. The minimum Gasteiger partial charge on any atom is -0.618 e. The lowest BCUT2D eigenvalue weighted by molar-refractivity contribution is -0.608. The first-order valence-corrected chi connectivity index (χ1v) is 7.99. The van der Waals surface area contributed by atoms with E-state index in [1.54, 1.807) is 7.05 Å². The van der Waals surface area contributed by atoms with E-state index >= 15 is 0 Å². The average Bonchev–Trinajstić information content (AvgIpc) is 2.61. The van der Waals surface area contributed by atoms with Gasteiger partial charge >= 0.3 is 11.7 Å². The zero-order chi connectivity index (χ0) is 17.7. The van der Waals surface area contributed by atoms with Crippen molar-refractivity contribution in [2.45, 2.75) is 50.7 Å². The summed E-state index contributed by atoms with van der Waals surface area (Å²) in [4.78, 5) is 26.0. The Morgan fingerprint density at radius 2 is 2.04 bits per heavy atom. The largest absolute Gasteiger partial charge is 0.618 e. The maximum atomic E-state index is 12.6. The second kappa shape index (κ2) is 7.30. The number of esters is 1. The van der Waals surface area contributed by atoms with Crippen LogP contribution < -0.4 is 4.73 Å². The van der Waals surface area contributed by atoms with E-state index in [1.165, 1.54) is 36.2 Å². The van der Waals surface area contributed by atoms with Gasteiger partial charge < -0.3 is 14.8 Å². The van der Waals surface area contributed by atoms with Gasteiger partial charge in [0, 0.05) is 19.2 Å². The molecular formula is C17H21N3O4. The zero-order valence-corrected chi connectivity index (χ0v) is 13.9. The predicted molar refractivity (Wildman–Crippen MR) is 84.5 cm³/mol. The third kappa shape index (κ3) is 3.48. The minimum atomic E-state index is -1.07. The van der Waals surface area contributed by atoms with Crippen molar-refractivity contribution >= 4 is 11.9 Å². The molecule has 1 fully saturated rings. The van der Waals surface area contributed by atoms with E-state index in [9.17, 15) is 20.1 Å². The summed E-state index contributed by atoms with van der Waals surface area (Å²) in [6.45, 7) is 1.45. The summed E-state index contributed by atoms with van der Waals surface area (Å²) < 4.78 is 5.51. The molecule has 2 rings (SSSR count). The molecule has 1 aromatic rings. The SMILES string of the molecule is C[C@H](OC(=O)c1cccc[n+]1[O-])C(=O)N(C)C1(C#N)CCCCC1. The molecule has 0 radical (unpaired) electrons. The molecule has 0 N–H and O–H groups in total. The summed E-state index contributed by atoms with van der Waals surface area (Å²) in [5, 5.41) is 21.1. The lowest BCUT2D eigenvalue weighted by Gasteiger charge is -2.39. The minimum absolute atomic E-state index is 0.188. The number of hydrogen-bond donors (Lipinski definition) is 0. The molecule has 0 spiro atoms. The van der Waals surface area contributed by atoms with Crippen LogP contribution in [-0.4, -0.2) is 35.5 Å². The van der Waals surface area contributed by atoms with Crippen LogP contribution in [0.1, 0.15) is 49.5 Å². The molecule has 1 heterocycles. The number of likely N-dealkylation sites (N-methyl/N-ethyl adjacent to an activating group) is 1. The van der Waals surface area contributed by atoms with Gasteiger partial charge in [0.2, 0.25) is 0 Å². The van der Waals surface area contributed by atoms with Crippen molar-refractivity contribution in [1.29, 1.82) is 5.26 Å². The van der Waals surface area contributed by atoms with Crippen LogP contribution in [0.15, 0.2) is 24.4 Å². The molecule has 24 heavy (non-hydrogen) atoms. The molecule has 0 bridgehead atoms. The van der Waals surface area contributed by atoms with Gasteiger partial charge in [0.1, 0.15) is 5.54 Å². The fourth-order valence-corrected chi connectivity index (χ4v) is 3.00. The highest BCUT2D eigenvalue weighted by Gasteiger charge is 2.41. The summed E-state index contributed by atoms with van der Waals surface area (Å²) in [5.74, 6) is -1.31. The van der Waals surface area contributed by atoms with Crippen molar-refractivity contribution in [3.63, 3.8) is 0 Å². The van der Waals surface area contributed by atoms with Crippen LogP contribution in [-0.2, 0) is 9.53 Å². The van der Waals surface area contributed by atoms with Crippen molar-refractivity contribution < 1.29 is 19.1 Å². The Morgan fingerprint density at radius 1 is 1.38 bits per heavy atom. The van der Waals surface area contributed by atoms with Crippen LogP contribution in [0.5, 0.6) is 0 Å². The molecule has 1 amide bonds. The average molecular weight is 331 g/mol. The second-order valence-electron chi connectivity index (χ2n) is 6.06. The normalized spacial score (nSPS) is 17.4. The number of carbonyl (C=O) groups excluding carboxylic acids is 2. The number of aromatic nitrogens is 1. The first kappa shape index (κ1) is 17.7.